The Bertz CT molecular complexity index is 1980. The van der Waals surface area contributed by atoms with E-state index in [0.717, 1.165) is 82.3 Å². The lowest BCUT2D eigenvalue weighted by Crippen LogP contribution is -2.48. The zero-order chi connectivity index (χ0) is 38.5. The lowest BCUT2D eigenvalue weighted by Gasteiger charge is -2.33. The highest BCUT2D eigenvalue weighted by Crippen LogP contribution is 2.34. The lowest BCUT2D eigenvalue weighted by molar-refractivity contribution is -0.613. The molecule has 2 aromatic heterocycles. The molecule has 2 aliphatic heterocycles. The van der Waals surface area contributed by atoms with Gasteiger partial charge in [-0.05, 0) is 81.1 Å². The summed E-state index contributed by atoms with van der Waals surface area (Å²) >= 11 is 0. The van der Waals surface area contributed by atoms with Crippen molar-refractivity contribution in [2.45, 2.75) is 77.5 Å². The topological polar surface area (TPSA) is 131 Å². The molecule has 6 rings (SSSR count). The van der Waals surface area contributed by atoms with E-state index in [0.29, 0.717) is 6.54 Å². The molecule has 2 aliphatic rings. The molecule has 0 bridgehead atoms. The average Bonchev–Trinajstić information content (AvgIpc) is 3.97. The summed E-state index contributed by atoms with van der Waals surface area (Å²) in [6, 6.07) is 14.8. The molecule has 0 saturated carbocycles. The number of aromatic nitrogens is 4. The maximum Gasteiger partial charge on any atom is 0.296 e. The number of hydrogen-bond donors (Lipinski definition) is 2. The fourth-order valence-corrected chi connectivity index (χ4v) is 7.94. The van der Waals surface area contributed by atoms with Gasteiger partial charge in [0.2, 0.25) is 5.91 Å². The summed E-state index contributed by atoms with van der Waals surface area (Å²) in [5.74, 6) is 8.12. The zero-order valence-corrected chi connectivity index (χ0v) is 32.5. The van der Waals surface area contributed by atoms with Crippen LogP contribution in [0.3, 0.4) is 0 Å². The first-order valence-corrected chi connectivity index (χ1v) is 19.0. The van der Waals surface area contributed by atoms with Crippen LogP contribution in [0.25, 0.3) is 22.5 Å². The molecule has 4 heterocycles. The van der Waals surface area contributed by atoms with Crippen LogP contribution in [0.2, 0.25) is 0 Å². The summed E-state index contributed by atoms with van der Waals surface area (Å²) in [5, 5.41) is 0. The number of methoxy groups -OCH3 is 1. The lowest BCUT2D eigenvalue weighted by atomic mass is 10.0. The van der Waals surface area contributed by atoms with Gasteiger partial charge in [0, 0.05) is 46.9 Å². The Morgan fingerprint density at radius 1 is 0.796 bits per heavy atom. The van der Waals surface area contributed by atoms with Gasteiger partial charge in [-0.2, -0.15) is 0 Å². The summed E-state index contributed by atoms with van der Waals surface area (Å²) in [7, 11) is 5.39. The highest BCUT2D eigenvalue weighted by molar-refractivity contribution is 5.83. The number of carbonyl (C=O) groups is 2. The van der Waals surface area contributed by atoms with Gasteiger partial charge < -0.3 is 24.5 Å². The van der Waals surface area contributed by atoms with Crippen LogP contribution < -0.4 is 0 Å². The molecule has 4 aromatic rings. The first kappa shape index (κ1) is 38.6. The third kappa shape index (κ3) is 8.32. The van der Waals surface area contributed by atoms with Crippen molar-refractivity contribution in [1.82, 2.24) is 34.6 Å². The van der Waals surface area contributed by atoms with E-state index < -0.39 is 6.04 Å². The van der Waals surface area contributed by atoms with Gasteiger partial charge in [0.25, 0.3) is 18.7 Å². The molecule has 0 aliphatic carbocycles. The van der Waals surface area contributed by atoms with Crippen molar-refractivity contribution in [3.05, 3.63) is 88.6 Å². The predicted octanol–water partition coefficient (Wildman–Crippen LogP) is 6.19. The Morgan fingerprint density at radius 3 is 1.67 bits per heavy atom. The van der Waals surface area contributed by atoms with Crippen LogP contribution in [0.4, 0.5) is 0 Å². The van der Waals surface area contributed by atoms with Crippen LogP contribution in [0.15, 0.2) is 60.9 Å². The molecule has 0 spiro atoms. The number of nitroso groups, excluding NO2 is 1. The van der Waals surface area contributed by atoms with E-state index in [4.69, 9.17) is 9.72 Å². The standard InChI is InChI=1S/C42H53N8O4/c1-27(2)37(47(5)6)41(51)48-22-8-10-35(48)39-43-24-33(45-39)31-18-14-29(15-19-31)12-13-30-16-20-32(21-17-30)34-25-44-40(46-34)36-11-9-23-49(36)42(52)38(28(3)4)50(53)26-54-7/h14-21,24-25,27-28,35-38H,8-11,22-23,26H2,1-7H3,(H,43,45)(H,44,46)/q+1. The smallest absolute Gasteiger partial charge is 0.296 e. The molecule has 2 fully saturated rings. The maximum atomic E-state index is 13.5. The van der Waals surface area contributed by atoms with Crippen molar-refractivity contribution < 1.29 is 19.1 Å². The monoisotopic (exact) mass is 733 g/mol. The normalized spacial score (nSPS) is 18.3. The van der Waals surface area contributed by atoms with E-state index >= 15 is 0 Å². The van der Waals surface area contributed by atoms with E-state index in [-0.39, 0.29) is 48.5 Å². The summed E-state index contributed by atoms with van der Waals surface area (Å²) in [5.41, 5.74) is 5.53. The minimum atomic E-state index is -0.811. The highest BCUT2D eigenvalue weighted by atomic mass is 16.5. The number of amides is 2. The molecule has 2 aromatic carbocycles. The molecule has 54 heavy (non-hydrogen) atoms. The van der Waals surface area contributed by atoms with Gasteiger partial charge in [-0.3, -0.25) is 14.5 Å². The number of imidazole rings is 2. The third-order valence-corrected chi connectivity index (χ3v) is 10.5. The Morgan fingerprint density at radius 2 is 1.26 bits per heavy atom. The molecule has 2 amide bonds. The fourth-order valence-electron chi connectivity index (χ4n) is 7.94. The molecular weight excluding hydrogens is 681 g/mol. The first-order valence-electron chi connectivity index (χ1n) is 19.0. The second kappa shape index (κ2) is 16.9. The number of nitrogens with one attached hydrogen (secondary N) is 2. The van der Waals surface area contributed by atoms with Crippen molar-refractivity contribution >= 4 is 11.8 Å². The van der Waals surface area contributed by atoms with Crippen LogP contribution in [0.5, 0.6) is 0 Å². The maximum absolute atomic E-state index is 13.5. The van der Waals surface area contributed by atoms with E-state index in [1.54, 1.807) is 11.1 Å². The van der Waals surface area contributed by atoms with Gasteiger partial charge in [0.1, 0.15) is 11.6 Å². The molecule has 2 saturated heterocycles. The largest absolute Gasteiger partial charge is 0.340 e. The highest BCUT2D eigenvalue weighted by Gasteiger charge is 2.44. The fraction of sp³-hybridized carbons (Fsp3) is 0.476. The first-order chi connectivity index (χ1) is 26.0. The van der Waals surface area contributed by atoms with Crippen molar-refractivity contribution in [1.29, 1.82) is 0 Å². The van der Waals surface area contributed by atoms with E-state index in [1.165, 1.54) is 7.11 Å². The van der Waals surface area contributed by atoms with Crippen molar-refractivity contribution in [2.75, 3.05) is 41.0 Å². The molecule has 284 valence electrons. The number of carbonyl (C=O) groups excluding carboxylic acids is 2. The molecule has 4 atom stereocenters. The minimum Gasteiger partial charge on any atom is -0.340 e. The molecular formula is C42H53N8O4+. The Kier molecular flexibility index (Phi) is 12.1. The quantitative estimate of drug-likeness (QED) is 0.101. The van der Waals surface area contributed by atoms with Crippen LogP contribution >= 0.6 is 0 Å². The number of H-pyrrole nitrogens is 2. The molecule has 12 heteroatoms. The van der Waals surface area contributed by atoms with Crippen molar-refractivity contribution in [3.63, 3.8) is 0 Å². The molecule has 12 nitrogen and oxygen atoms in total. The van der Waals surface area contributed by atoms with Crippen LogP contribution in [0.1, 0.15) is 88.2 Å². The molecule has 2 N–H and O–H groups in total. The molecule has 4 unspecified atom stereocenters. The number of ether oxygens (including phenoxy) is 1. The summed E-state index contributed by atoms with van der Waals surface area (Å²) < 4.78 is 5.75. The number of benzene rings is 2. The number of hydrogen-bond acceptors (Lipinski definition) is 7. The van der Waals surface area contributed by atoms with Gasteiger partial charge >= 0.3 is 0 Å². The van der Waals surface area contributed by atoms with Gasteiger partial charge in [0.05, 0.1) is 41.9 Å². The minimum absolute atomic E-state index is 0.0472. The van der Waals surface area contributed by atoms with Gasteiger partial charge in [0.15, 0.2) is 0 Å². The number of likely N-dealkylation sites (tertiary alicyclic amines) is 2. The number of nitrogens with zero attached hydrogens (tertiary/aromatic N) is 6. The van der Waals surface area contributed by atoms with E-state index in [9.17, 15) is 14.5 Å². The second-order valence-corrected chi connectivity index (χ2v) is 15.3. The summed E-state index contributed by atoms with van der Waals surface area (Å²) in [6.07, 6.45) is 7.14. The van der Waals surface area contributed by atoms with Crippen LogP contribution in [-0.4, -0.2) is 104 Å². The van der Waals surface area contributed by atoms with Crippen LogP contribution in [0, 0.1) is 28.6 Å². The van der Waals surface area contributed by atoms with Crippen molar-refractivity contribution in [3.8, 4) is 34.4 Å². The van der Waals surface area contributed by atoms with Gasteiger partial charge in [-0.15, -0.1) is 0 Å². The predicted molar refractivity (Wildman–Crippen MR) is 208 cm³/mol. The third-order valence-electron chi connectivity index (χ3n) is 10.5. The average molecular weight is 734 g/mol. The summed E-state index contributed by atoms with van der Waals surface area (Å²) in [4.78, 5) is 61.8. The van der Waals surface area contributed by atoms with Gasteiger partial charge in [-0.1, -0.05) is 63.8 Å². The zero-order valence-electron chi connectivity index (χ0n) is 32.5. The number of rotatable bonds is 12. The van der Waals surface area contributed by atoms with Crippen molar-refractivity contribution in [2.24, 2.45) is 11.8 Å². The molecule has 0 radical (unpaired) electrons. The second-order valence-electron chi connectivity index (χ2n) is 15.3. The number of likely N-dealkylation sites (N-methyl/N-ethyl adjacent to an activating group) is 1. The van der Waals surface area contributed by atoms with Gasteiger partial charge in [-0.25, -0.2) is 9.97 Å². The van der Waals surface area contributed by atoms with Crippen LogP contribution in [-0.2, 0) is 14.3 Å². The Hall–Kier alpha value is -5.12. The summed E-state index contributed by atoms with van der Waals surface area (Å²) in [6.45, 7) is 9.13. The van der Waals surface area contributed by atoms with E-state index in [2.05, 4.69) is 40.6 Å². The Balaban J connectivity index is 1.08. The van der Waals surface area contributed by atoms with E-state index in [1.807, 2.05) is 92.5 Å². The Labute approximate surface area is 318 Å². The SMILES string of the molecule is COC[N+](=O)C(C(=O)N1CCCC1c1ncc(-c2ccc(C#Cc3ccc(-c4cnc(C5CCCN5C(=O)C(C(C)C)N(C)C)[nH]4)cc3)cc2)[nH]1)C(C)C. The number of aromatic amines is 2.